The molecule has 0 spiro atoms. The summed E-state index contributed by atoms with van der Waals surface area (Å²) in [5.74, 6) is 0.742. The summed E-state index contributed by atoms with van der Waals surface area (Å²) in [6.07, 6.45) is 2.41. The SMILES string of the molecule is Cn1nc(C2(C)CCCNC2)cc1N. The fourth-order valence-electron chi connectivity index (χ4n) is 2.05. The highest BCUT2D eigenvalue weighted by Gasteiger charge is 2.31. The second-order valence-corrected chi connectivity index (χ2v) is 4.42. The van der Waals surface area contributed by atoms with Crippen LogP contribution >= 0.6 is 0 Å². The fraction of sp³-hybridized carbons (Fsp3) is 0.700. The number of nitrogens with one attached hydrogen (secondary N) is 1. The molecule has 2 rings (SSSR count). The van der Waals surface area contributed by atoms with Gasteiger partial charge < -0.3 is 11.1 Å². The van der Waals surface area contributed by atoms with Crippen LogP contribution in [0.3, 0.4) is 0 Å². The third kappa shape index (κ3) is 1.50. The van der Waals surface area contributed by atoms with Crippen molar-refractivity contribution < 1.29 is 0 Å². The first-order valence-electron chi connectivity index (χ1n) is 5.12. The van der Waals surface area contributed by atoms with E-state index in [2.05, 4.69) is 17.3 Å². The van der Waals surface area contributed by atoms with E-state index in [0.29, 0.717) is 0 Å². The molecule has 0 amide bonds. The van der Waals surface area contributed by atoms with Gasteiger partial charge in [0.2, 0.25) is 0 Å². The van der Waals surface area contributed by atoms with E-state index in [0.717, 1.165) is 24.6 Å². The molecular formula is C10H18N4. The molecule has 1 unspecified atom stereocenters. The van der Waals surface area contributed by atoms with Crippen LogP contribution in [-0.4, -0.2) is 22.9 Å². The second-order valence-electron chi connectivity index (χ2n) is 4.42. The average Bonchev–Trinajstić information content (AvgIpc) is 2.49. The lowest BCUT2D eigenvalue weighted by molar-refractivity contribution is 0.330. The molecule has 1 aliphatic heterocycles. The van der Waals surface area contributed by atoms with Crippen molar-refractivity contribution in [3.8, 4) is 0 Å². The molecule has 2 heterocycles. The Hall–Kier alpha value is -1.03. The van der Waals surface area contributed by atoms with Gasteiger partial charge in [0.15, 0.2) is 0 Å². The third-order valence-electron chi connectivity index (χ3n) is 3.13. The maximum absolute atomic E-state index is 5.79. The maximum Gasteiger partial charge on any atom is 0.121 e. The van der Waals surface area contributed by atoms with Crippen LogP contribution in [0.4, 0.5) is 5.82 Å². The van der Waals surface area contributed by atoms with Gasteiger partial charge in [-0.1, -0.05) is 6.92 Å². The van der Waals surface area contributed by atoms with Gasteiger partial charge in [-0.05, 0) is 19.4 Å². The molecule has 4 heteroatoms. The molecule has 0 aromatic carbocycles. The molecule has 4 nitrogen and oxygen atoms in total. The molecule has 1 fully saturated rings. The summed E-state index contributed by atoms with van der Waals surface area (Å²) < 4.78 is 1.75. The monoisotopic (exact) mass is 194 g/mol. The molecule has 0 bridgehead atoms. The van der Waals surface area contributed by atoms with Gasteiger partial charge in [-0.3, -0.25) is 4.68 Å². The van der Waals surface area contributed by atoms with Gasteiger partial charge in [-0.15, -0.1) is 0 Å². The molecule has 1 aromatic heterocycles. The average molecular weight is 194 g/mol. The van der Waals surface area contributed by atoms with E-state index in [9.17, 15) is 0 Å². The number of nitrogen functional groups attached to an aromatic ring is 1. The lowest BCUT2D eigenvalue weighted by Crippen LogP contribution is -2.41. The Morgan fingerprint density at radius 1 is 1.64 bits per heavy atom. The van der Waals surface area contributed by atoms with Crippen LogP contribution in [0.15, 0.2) is 6.07 Å². The first-order valence-corrected chi connectivity index (χ1v) is 5.12. The van der Waals surface area contributed by atoms with Crippen LogP contribution in [0, 0.1) is 0 Å². The van der Waals surface area contributed by atoms with E-state index in [4.69, 9.17) is 5.73 Å². The highest BCUT2D eigenvalue weighted by Crippen LogP contribution is 2.30. The summed E-state index contributed by atoms with van der Waals surface area (Å²) in [7, 11) is 1.89. The van der Waals surface area contributed by atoms with E-state index < -0.39 is 0 Å². The smallest absolute Gasteiger partial charge is 0.121 e. The Bertz CT molecular complexity index is 303. The zero-order valence-corrected chi connectivity index (χ0v) is 8.88. The van der Waals surface area contributed by atoms with Crippen molar-refractivity contribution in [2.24, 2.45) is 7.05 Å². The minimum absolute atomic E-state index is 0.160. The van der Waals surface area contributed by atoms with Crippen molar-refractivity contribution in [1.82, 2.24) is 15.1 Å². The van der Waals surface area contributed by atoms with Crippen molar-refractivity contribution >= 4 is 5.82 Å². The highest BCUT2D eigenvalue weighted by molar-refractivity contribution is 5.34. The normalized spacial score (nSPS) is 27.9. The van der Waals surface area contributed by atoms with Gasteiger partial charge >= 0.3 is 0 Å². The molecule has 1 aromatic rings. The molecule has 1 atom stereocenters. The molecule has 1 aliphatic rings. The van der Waals surface area contributed by atoms with E-state index in [1.54, 1.807) is 4.68 Å². The predicted octanol–water partition coefficient (Wildman–Crippen LogP) is 0.643. The zero-order valence-electron chi connectivity index (χ0n) is 8.88. The summed E-state index contributed by atoms with van der Waals surface area (Å²) in [6, 6.07) is 1.99. The number of nitrogens with two attached hydrogens (primary N) is 1. The van der Waals surface area contributed by atoms with E-state index in [1.807, 2.05) is 13.1 Å². The number of aromatic nitrogens is 2. The Morgan fingerprint density at radius 2 is 2.43 bits per heavy atom. The van der Waals surface area contributed by atoms with Crippen LogP contribution < -0.4 is 11.1 Å². The molecule has 3 N–H and O–H groups in total. The number of piperidine rings is 1. The van der Waals surface area contributed by atoms with Crippen molar-refractivity contribution in [2.75, 3.05) is 18.8 Å². The number of nitrogens with zero attached hydrogens (tertiary/aromatic N) is 2. The van der Waals surface area contributed by atoms with Gasteiger partial charge in [0.05, 0.1) is 5.69 Å². The lowest BCUT2D eigenvalue weighted by atomic mass is 9.80. The zero-order chi connectivity index (χ0) is 10.2. The largest absolute Gasteiger partial charge is 0.384 e. The summed E-state index contributed by atoms with van der Waals surface area (Å²) in [5, 5.41) is 7.87. The fourth-order valence-corrected chi connectivity index (χ4v) is 2.05. The second kappa shape index (κ2) is 3.28. The molecule has 1 saturated heterocycles. The number of hydrogen-bond acceptors (Lipinski definition) is 3. The molecular weight excluding hydrogens is 176 g/mol. The first kappa shape index (κ1) is 9.52. The molecule has 78 valence electrons. The number of aryl methyl sites for hydroxylation is 1. The summed E-state index contributed by atoms with van der Waals surface area (Å²) in [4.78, 5) is 0. The van der Waals surface area contributed by atoms with Crippen molar-refractivity contribution in [3.63, 3.8) is 0 Å². The topological polar surface area (TPSA) is 55.9 Å². The summed E-state index contributed by atoms with van der Waals surface area (Å²) >= 11 is 0. The van der Waals surface area contributed by atoms with Crippen LogP contribution in [0.25, 0.3) is 0 Å². The van der Waals surface area contributed by atoms with Gasteiger partial charge in [0, 0.05) is 25.1 Å². The minimum Gasteiger partial charge on any atom is -0.384 e. The molecule has 0 aliphatic carbocycles. The van der Waals surface area contributed by atoms with Gasteiger partial charge in [0.1, 0.15) is 5.82 Å². The van der Waals surface area contributed by atoms with Crippen LogP contribution in [-0.2, 0) is 12.5 Å². The Balaban J connectivity index is 2.28. The predicted molar refractivity (Wildman–Crippen MR) is 57.1 cm³/mol. The molecule has 0 saturated carbocycles. The number of hydrogen-bond donors (Lipinski definition) is 2. The third-order valence-corrected chi connectivity index (χ3v) is 3.13. The highest BCUT2D eigenvalue weighted by atomic mass is 15.3. The first-order chi connectivity index (χ1) is 6.62. The minimum atomic E-state index is 0.160. The Morgan fingerprint density at radius 3 is 2.93 bits per heavy atom. The van der Waals surface area contributed by atoms with Crippen molar-refractivity contribution in [3.05, 3.63) is 11.8 Å². The van der Waals surface area contributed by atoms with Gasteiger partial charge in [-0.25, -0.2) is 0 Å². The van der Waals surface area contributed by atoms with Gasteiger partial charge in [0.25, 0.3) is 0 Å². The van der Waals surface area contributed by atoms with Crippen LogP contribution in [0.1, 0.15) is 25.5 Å². The van der Waals surface area contributed by atoms with Gasteiger partial charge in [-0.2, -0.15) is 5.10 Å². The van der Waals surface area contributed by atoms with E-state index in [-0.39, 0.29) is 5.41 Å². The number of rotatable bonds is 1. The Labute approximate surface area is 84.5 Å². The molecule has 0 radical (unpaired) electrons. The summed E-state index contributed by atoms with van der Waals surface area (Å²) in [6.45, 7) is 4.38. The lowest BCUT2D eigenvalue weighted by Gasteiger charge is -2.32. The quantitative estimate of drug-likeness (QED) is 0.690. The number of anilines is 1. The Kier molecular flexibility index (Phi) is 2.23. The van der Waals surface area contributed by atoms with Crippen LogP contribution in [0.5, 0.6) is 0 Å². The standard InChI is InChI=1S/C10H18N4/c1-10(4-3-5-12-7-10)8-6-9(11)14(2)13-8/h6,12H,3-5,7,11H2,1-2H3. The maximum atomic E-state index is 5.79. The van der Waals surface area contributed by atoms with Crippen molar-refractivity contribution in [2.45, 2.75) is 25.2 Å². The summed E-state index contributed by atoms with van der Waals surface area (Å²) in [5.41, 5.74) is 7.06. The van der Waals surface area contributed by atoms with E-state index >= 15 is 0 Å². The van der Waals surface area contributed by atoms with Crippen LogP contribution in [0.2, 0.25) is 0 Å². The molecule has 14 heavy (non-hydrogen) atoms. The van der Waals surface area contributed by atoms with Crippen molar-refractivity contribution in [1.29, 1.82) is 0 Å². The van der Waals surface area contributed by atoms with E-state index in [1.165, 1.54) is 12.8 Å².